The Bertz CT molecular complexity index is 687. The van der Waals surface area contributed by atoms with Gasteiger partial charge in [0.1, 0.15) is 0 Å². The van der Waals surface area contributed by atoms with E-state index < -0.39 is 0 Å². The molecule has 29 heavy (non-hydrogen) atoms. The number of carbonyl (C=O) groups is 2. The maximum atomic E-state index is 13.2. The van der Waals surface area contributed by atoms with Gasteiger partial charge in [-0.05, 0) is 63.0 Å². The number of nitrogens with zero attached hydrogens (tertiary/aromatic N) is 2. The largest absolute Gasteiger partial charge is 0.340 e. The van der Waals surface area contributed by atoms with Crippen LogP contribution >= 0.6 is 0 Å². The van der Waals surface area contributed by atoms with Crippen molar-refractivity contribution in [3.05, 3.63) is 35.9 Å². The molecular weight excluding hydrogens is 362 g/mol. The van der Waals surface area contributed by atoms with Crippen LogP contribution in [-0.2, 0) is 4.79 Å². The van der Waals surface area contributed by atoms with Crippen molar-refractivity contribution in [2.75, 3.05) is 19.6 Å². The van der Waals surface area contributed by atoms with Gasteiger partial charge in [-0.2, -0.15) is 0 Å². The minimum absolute atomic E-state index is 0.114. The number of nitrogens with one attached hydrogen (secondary N) is 1. The molecule has 1 N–H and O–H groups in total. The molecule has 0 saturated carbocycles. The van der Waals surface area contributed by atoms with Crippen molar-refractivity contribution in [1.82, 2.24) is 15.1 Å². The molecule has 0 aliphatic carbocycles. The monoisotopic (exact) mass is 397 g/mol. The molecule has 0 aromatic heterocycles. The maximum absolute atomic E-state index is 13.2. The van der Waals surface area contributed by atoms with Gasteiger partial charge in [0.2, 0.25) is 5.91 Å². The number of carbonyl (C=O) groups excluding carboxylic acids is 2. The van der Waals surface area contributed by atoms with Crippen molar-refractivity contribution in [2.24, 2.45) is 5.92 Å². The van der Waals surface area contributed by atoms with Crippen LogP contribution in [0.2, 0.25) is 0 Å². The van der Waals surface area contributed by atoms with Crippen LogP contribution in [-0.4, -0.2) is 59.4 Å². The summed E-state index contributed by atoms with van der Waals surface area (Å²) in [4.78, 5) is 30.0. The van der Waals surface area contributed by atoms with E-state index >= 15 is 0 Å². The lowest BCUT2D eigenvalue weighted by molar-refractivity contribution is -0.135. The van der Waals surface area contributed by atoms with E-state index in [0.717, 1.165) is 57.3 Å². The molecule has 3 saturated heterocycles. The first-order valence-corrected chi connectivity index (χ1v) is 11.5. The Balaban J connectivity index is 1.32. The number of likely N-dealkylation sites (tertiary alicyclic amines) is 1. The Kier molecular flexibility index (Phi) is 6.53. The second kappa shape index (κ2) is 9.29. The van der Waals surface area contributed by atoms with Gasteiger partial charge < -0.3 is 15.1 Å². The molecule has 5 nitrogen and oxygen atoms in total. The summed E-state index contributed by atoms with van der Waals surface area (Å²) in [5, 5.41) is 3.68. The lowest BCUT2D eigenvalue weighted by Crippen LogP contribution is -2.49. The van der Waals surface area contributed by atoms with Crippen molar-refractivity contribution in [3.63, 3.8) is 0 Å². The molecule has 3 aliphatic rings. The van der Waals surface area contributed by atoms with Gasteiger partial charge in [0.05, 0.1) is 0 Å². The molecule has 158 valence electrons. The van der Waals surface area contributed by atoms with E-state index in [0.29, 0.717) is 30.3 Å². The average molecular weight is 398 g/mol. The highest BCUT2D eigenvalue weighted by Gasteiger charge is 2.36. The van der Waals surface area contributed by atoms with Crippen molar-refractivity contribution < 1.29 is 9.59 Å². The first-order chi connectivity index (χ1) is 14.1. The molecule has 3 aliphatic heterocycles. The van der Waals surface area contributed by atoms with Crippen LogP contribution in [0.25, 0.3) is 0 Å². The first kappa shape index (κ1) is 20.4. The molecule has 1 aromatic rings. The topological polar surface area (TPSA) is 52.7 Å². The van der Waals surface area contributed by atoms with Gasteiger partial charge in [0.15, 0.2) is 0 Å². The Morgan fingerprint density at radius 1 is 1.03 bits per heavy atom. The number of fused-ring (bicyclic) bond motifs is 2. The highest BCUT2D eigenvalue weighted by molar-refractivity contribution is 5.94. The fourth-order valence-corrected chi connectivity index (χ4v) is 5.60. The van der Waals surface area contributed by atoms with Crippen LogP contribution in [0.1, 0.15) is 68.6 Å². The summed E-state index contributed by atoms with van der Waals surface area (Å²) in [5.41, 5.74) is 0.757. The van der Waals surface area contributed by atoms with E-state index in [2.05, 4.69) is 17.1 Å². The third-order valence-corrected chi connectivity index (χ3v) is 7.03. The SMILES string of the molecule is CCCN(C(=O)CC1CC2CCC(C1)N2)C1CCN(C(=O)c2ccccc2)CC1. The number of hydrogen-bond donors (Lipinski definition) is 1. The van der Waals surface area contributed by atoms with Gasteiger partial charge in [0, 0.05) is 49.7 Å². The molecule has 1 aromatic carbocycles. The normalized spacial score (nSPS) is 27.1. The summed E-state index contributed by atoms with van der Waals surface area (Å²) >= 11 is 0. The van der Waals surface area contributed by atoms with Gasteiger partial charge >= 0.3 is 0 Å². The third-order valence-electron chi connectivity index (χ3n) is 7.03. The Morgan fingerprint density at radius 2 is 1.69 bits per heavy atom. The lowest BCUT2D eigenvalue weighted by atomic mass is 9.89. The van der Waals surface area contributed by atoms with Crippen molar-refractivity contribution in [2.45, 2.75) is 76.4 Å². The fourth-order valence-electron chi connectivity index (χ4n) is 5.60. The van der Waals surface area contributed by atoms with Gasteiger partial charge in [0.25, 0.3) is 5.91 Å². The molecule has 0 spiro atoms. The highest BCUT2D eigenvalue weighted by Crippen LogP contribution is 2.33. The van der Waals surface area contributed by atoms with E-state index in [-0.39, 0.29) is 11.9 Å². The molecule has 5 heteroatoms. The summed E-state index contributed by atoms with van der Waals surface area (Å²) in [6.45, 7) is 4.47. The number of piperidine rings is 2. The molecule has 3 fully saturated rings. The van der Waals surface area contributed by atoms with Crippen LogP contribution in [0.4, 0.5) is 0 Å². The van der Waals surface area contributed by atoms with Gasteiger partial charge in [-0.15, -0.1) is 0 Å². The van der Waals surface area contributed by atoms with Crippen LogP contribution in [0.3, 0.4) is 0 Å². The zero-order valence-electron chi connectivity index (χ0n) is 17.7. The number of benzene rings is 1. The van der Waals surface area contributed by atoms with E-state index in [9.17, 15) is 9.59 Å². The number of hydrogen-bond acceptors (Lipinski definition) is 3. The maximum Gasteiger partial charge on any atom is 0.253 e. The van der Waals surface area contributed by atoms with Crippen LogP contribution in [0.5, 0.6) is 0 Å². The van der Waals surface area contributed by atoms with Crippen LogP contribution in [0.15, 0.2) is 30.3 Å². The second-order valence-corrected chi connectivity index (χ2v) is 9.16. The minimum Gasteiger partial charge on any atom is -0.340 e. The Morgan fingerprint density at radius 3 is 2.31 bits per heavy atom. The molecule has 2 bridgehead atoms. The smallest absolute Gasteiger partial charge is 0.253 e. The molecule has 4 rings (SSSR count). The molecular formula is C24H35N3O2. The third kappa shape index (κ3) is 4.82. The Labute approximate surface area is 174 Å². The predicted molar refractivity (Wildman–Crippen MR) is 115 cm³/mol. The highest BCUT2D eigenvalue weighted by atomic mass is 16.2. The number of amides is 2. The summed E-state index contributed by atoms with van der Waals surface area (Å²) in [7, 11) is 0. The quantitative estimate of drug-likeness (QED) is 0.800. The lowest BCUT2D eigenvalue weighted by Gasteiger charge is -2.39. The van der Waals surface area contributed by atoms with Crippen LogP contribution in [0, 0.1) is 5.92 Å². The average Bonchev–Trinajstić information content (AvgIpc) is 3.10. The predicted octanol–water partition coefficient (Wildman–Crippen LogP) is 3.45. The van der Waals surface area contributed by atoms with Crippen molar-refractivity contribution >= 4 is 11.8 Å². The van der Waals surface area contributed by atoms with Gasteiger partial charge in [-0.1, -0.05) is 25.1 Å². The van der Waals surface area contributed by atoms with E-state index in [1.165, 1.54) is 12.8 Å². The molecule has 2 amide bonds. The first-order valence-electron chi connectivity index (χ1n) is 11.5. The summed E-state index contributed by atoms with van der Waals surface area (Å²) in [5.74, 6) is 0.994. The van der Waals surface area contributed by atoms with Gasteiger partial charge in [-0.25, -0.2) is 0 Å². The summed E-state index contributed by atoms with van der Waals surface area (Å²) in [6, 6.07) is 11.1. The second-order valence-electron chi connectivity index (χ2n) is 9.16. The van der Waals surface area contributed by atoms with Crippen molar-refractivity contribution in [1.29, 1.82) is 0 Å². The Hall–Kier alpha value is -1.88. The molecule has 3 heterocycles. The van der Waals surface area contributed by atoms with E-state index in [1.807, 2.05) is 35.2 Å². The summed E-state index contributed by atoms with van der Waals surface area (Å²) in [6.07, 6.45) is 8.36. The van der Waals surface area contributed by atoms with E-state index in [1.54, 1.807) is 0 Å². The van der Waals surface area contributed by atoms with Crippen LogP contribution < -0.4 is 5.32 Å². The summed E-state index contributed by atoms with van der Waals surface area (Å²) < 4.78 is 0. The molecule has 0 radical (unpaired) electrons. The van der Waals surface area contributed by atoms with E-state index in [4.69, 9.17) is 0 Å². The molecule has 2 atom stereocenters. The zero-order chi connectivity index (χ0) is 20.2. The number of rotatable bonds is 6. The zero-order valence-corrected chi connectivity index (χ0v) is 17.7. The van der Waals surface area contributed by atoms with Crippen molar-refractivity contribution in [3.8, 4) is 0 Å². The molecule has 2 unspecified atom stereocenters. The standard InChI is InChI=1S/C24H35N3O2/c1-2-12-27(23(28)17-18-15-20-8-9-21(16-18)25-20)22-10-13-26(14-11-22)24(29)19-6-4-3-5-7-19/h3-7,18,20-22,25H,2,8-17H2,1H3. The van der Waals surface area contributed by atoms with Gasteiger partial charge in [-0.3, -0.25) is 9.59 Å². The fraction of sp³-hybridized carbons (Fsp3) is 0.667. The minimum atomic E-state index is 0.114.